The zero-order valence-corrected chi connectivity index (χ0v) is 32.3. The van der Waals surface area contributed by atoms with E-state index in [4.69, 9.17) is 14.2 Å². The second-order valence-corrected chi connectivity index (χ2v) is 18.6. The molecule has 4 fully saturated rings. The number of benzene rings is 2. The van der Waals surface area contributed by atoms with E-state index in [1.807, 2.05) is 18.2 Å². The molecule has 2 aliphatic carbocycles. The van der Waals surface area contributed by atoms with Gasteiger partial charge in [-0.05, 0) is 92.6 Å². The number of fused-ring (bicyclic) bond motifs is 3. The van der Waals surface area contributed by atoms with E-state index in [-0.39, 0.29) is 50.2 Å². The Kier molecular flexibility index (Phi) is 11.9. The average molecular weight is 781 g/mol. The maximum Gasteiger partial charge on any atom is 0.306 e. The third-order valence-corrected chi connectivity index (χ3v) is 15.3. The molecule has 2 saturated heterocycles. The molecule has 4 aliphatic rings. The predicted molar refractivity (Wildman–Crippen MR) is 202 cm³/mol. The zero-order chi connectivity index (χ0) is 38.7. The van der Waals surface area contributed by atoms with Crippen LogP contribution in [0, 0.1) is 23.5 Å². The van der Waals surface area contributed by atoms with Gasteiger partial charge in [0.05, 0.1) is 37.4 Å². The fourth-order valence-corrected chi connectivity index (χ4v) is 11.9. The van der Waals surface area contributed by atoms with Gasteiger partial charge >= 0.3 is 5.97 Å². The van der Waals surface area contributed by atoms with Crippen molar-refractivity contribution in [1.29, 1.82) is 0 Å². The second kappa shape index (κ2) is 16.7. The third-order valence-electron chi connectivity index (χ3n) is 12.4. The molecule has 2 aromatic carbocycles. The second-order valence-electron chi connectivity index (χ2n) is 16.0. The topological polar surface area (TPSA) is 132 Å². The largest absolute Gasteiger partial charge is 0.497 e. The maximum atomic E-state index is 14.8. The van der Waals surface area contributed by atoms with E-state index >= 15 is 0 Å². The van der Waals surface area contributed by atoms with Crippen LogP contribution in [0.3, 0.4) is 0 Å². The van der Waals surface area contributed by atoms with Crippen LogP contribution in [-0.4, -0.2) is 69.5 Å². The molecule has 10 nitrogen and oxygen atoms in total. The molecule has 7 rings (SSSR count). The number of aromatic nitrogens is 1. The molecule has 3 aromatic rings. The number of esters is 1. The van der Waals surface area contributed by atoms with Crippen LogP contribution in [0.1, 0.15) is 102 Å². The van der Waals surface area contributed by atoms with Crippen molar-refractivity contribution >= 4 is 35.8 Å². The van der Waals surface area contributed by atoms with Gasteiger partial charge in [-0.25, -0.2) is 13.8 Å². The number of pyridine rings is 1. The first kappa shape index (κ1) is 39.3. The van der Waals surface area contributed by atoms with Crippen molar-refractivity contribution in [2.75, 3.05) is 13.7 Å². The summed E-state index contributed by atoms with van der Waals surface area (Å²) < 4.78 is 61.7. The van der Waals surface area contributed by atoms with Gasteiger partial charge in [0.15, 0.2) is 5.78 Å². The molecule has 1 N–H and O–H groups in total. The van der Waals surface area contributed by atoms with Gasteiger partial charge in [0.2, 0.25) is 19.2 Å². The summed E-state index contributed by atoms with van der Waals surface area (Å²) in [5.41, 5.74) is -0.463. The molecule has 1 aromatic heterocycles. The first-order chi connectivity index (χ1) is 26.5. The van der Waals surface area contributed by atoms with Crippen LogP contribution in [0.5, 0.6) is 11.6 Å². The lowest BCUT2D eigenvalue weighted by Gasteiger charge is -2.30. The van der Waals surface area contributed by atoms with Crippen LogP contribution in [0.15, 0.2) is 48.7 Å². The van der Waals surface area contributed by atoms with Gasteiger partial charge in [-0.2, -0.15) is 0 Å². The lowest BCUT2D eigenvalue weighted by molar-refractivity contribution is -0.154. The maximum absolute atomic E-state index is 14.8. The van der Waals surface area contributed by atoms with Gasteiger partial charge in [-0.3, -0.25) is 18.9 Å². The van der Waals surface area contributed by atoms with Crippen LogP contribution in [0.2, 0.25) is 0 Å². The minimum atomic E-state index is -4.37. The summed E-state index contributed by atoms with van der Waals surface area (Å²) in [6, 6.07) is 9.64. The molecular formula is C42H51F2N2O8P. The van der Waals surface area contributed by atoms with Gasteiger partial charge in [-0.1, -0.05) is 38.2 Å². The highest BCUT2D eigenvalue weighted by Crippen LogP contribution is 2.75. The Balaban J connectivity index is 1.19. The van der Waals surface area contributed by atoms with E-state index in [0.717, 1.165) is 80.7 Å². The smallest absolute Gasteiger partial charge is 0.306 e. The molecule has 0 spiro atoms. The summed E-state index contributed by atoms with van der Waals surface area (Å²) in [5.74, 6) is -2.98. The first-order valence-corrected chi connectivity index (χ1v) is 21.7. The number of hydrogen-bond donors (Lipinski definition) is 1. The Bertz CT molecular complexity index is 1940. The Morgan fingerprint density at radius 1 is 0.964 bits per heavy atom. The summed E-state index contributed by atoms with van der Waals surface area (Å²) in [6.07, 6.45) is 8.83. The minimum absolute atomic E-state index is 0.0469. The molecule has 0 bridgehead atoms. The molecule has 13 heteroatoms. The van der Waals surface area contributed by atoms with Gasteiger partial charge in [0, 0.05) is 35.9 Å². The van der Waals surface area contributed by atoms with Crippen molar-refractivity contribution in [2.45, 2.75) is 126 Å². The Hall–Kier alpha value is -3.89. The molecule has 55 heavy (non-hydrogen) atoms. The number of carbonyl (C=O) groups is 3. The molecule has 0 radical (unpaired) electrons. The Morgan fingerprint density at radius 2 is 1.67 bits per heavy atom. The van der Waals surface area contributed by atoms with E-state index in [1.165, 1.54) is 11.0 Å². The van der Waals surface area contributed by atoms with E-state index in [9.17, 15) is 32.6 Å². The van der Waals surface area contributed by atoms with Crippen LogP contribution < -0.4 is 9.47 Å². The summed E-state index contributed by atoms with van der Waals surface area (Å²) in [6.45, 7) is 0.0469. The van der Waals surface area contributed by atoms with Crippen LogP contribution in [0.25, 0.3) is 10.8 Å². The number of Topliss-reactive ketones (excluding diaryl/α,β-unsaturated/α-hetero) is 1. The normalized spacial score (nSPS) is 27.7. The zero-order valence-electron chi connectivity index (χ0n) is 31.4. The SMILES string of the molecule is COc1ccc2c(O[C@@H]3C[C@H]4C(=O)C[C@]5(P(=O)(O)Cc6c(F)cccc6F)C[C@@H]5CCCCCCCC(CC(=O)OC5CCCC5)C(=O)N4C3)nccc2c1. The minimum Gasteiger partial charge on any atom is -0.497 e. The number of halogens is 2. The molecule has 2 saturated carbocycles. The number of rotatable bonds is 9. The summed E-state index contributed by atoms with van der Waals surface area (Å²) in [4.78, 5) is 60.3. The quantitative estimate of drug-likeness (QED) is 0.168. The number of amides is 1. The van der Waals surface area contributed by atoms with Crippen molar-refractivity contribution in [3.8, 4) is 11.6 Å². The average Bonchev–Trinajstić information content (AvgIpc) is 3.43. The third kappa shape index (κ3) is 8.60. The lowest BCUT2D eigenvalue weighted by atomic mass is 9.94. The molecule has 296 valence electrons. The Labute approximate surface area is 320 Å². The van der Waals surface area contributed by atoms with E-state index < -0.39 is 65.7 Å². The van der Waals surface area contributed by atoms with E-state index in [0.29, 0.717) is 24.5 Å². The van der Waals surface area contributed by atoms with Crippen molar-refractivity contribution < 1.29 is 46.8 Å². The molecule has 1 amide bonds. The van der Waals surface area contributed by atoms with Crippen molar-refractivity contribution in [3.63, 3.8) is 0 Å². The number of ketones is 1. The molecule has 2 aliphatic heterocycles. The van der Waals surface area contributed by atoms with Crippen molar-refractivity contribution in [3.05, 3.63) is 65.9 Å². The Morgan fingerprint density at radius 3 is 2.42 bits per heavy atom. The highest BCUT2D eigenvalue weighted by Gasteiger charge is 2.66. The number of ether oxygens (including phenoxy) is 3. The van der Waals surface area contributed by atoms with Crippen LogP contribution >= 0.6 is 7.37 Å². The summed E-state index contributed by atoms with van der Waals surface area (Å²) in [5, 5.41) is 0.184. The van der Waals surface area contributed by atoms with E-state index in [1.54, 1.807) is 19.4 Å². The number of hydrogen-bond acceptors (Lipinski definition) is 8. The number of methoxy groups -OCH3 is 1. The van der Waals surface area contributed by atoms with Crippen LogP contribution in [-0.2, 0) is 29.8 Å². The summed E-state index contributed by atoms with van der Waals surface area (Å²) in [7, 11) is -2.79. The van der Waals surface area contributed by atoms with E-state index in [2.05, 4.69) is 4.98 Å². The van der Waals surface area contributed by atoms with Gasteiger partial charge < -0.3 is 24.0 Å². The van der Waals surface area contributed by atoms with Gasteiger partial charge in [0.1, 0.15) is 29.6 Å². The van der Waals surface area contributed by atoms with Crippen molar-refractivity contribution in [2.24, 2.45) is 11.8 Å². The number of nitrogens with zero attached hydrogens (tertiary/aromatic N) is 2. The lowest BCUT2D eigenvalue weighted by Crippen LogP contribution is -2.45. The monoisotopic (exact) mass is 780 g/mol. The molecule has 3 heterocycles. The highest BCUT2D eigenvalue weighted by atomic mass is 31.2. The number of carbonyl (C=O) groups excluding carboxylic acids is 3. The molecule has 2 unspecified atom stereocenters. The standard InChI is InChI=1S/C42H51F2N2O8P/c1-52-31-16-17-33-27(20-31)18-19-45-40(33)54-32-22-37-38(47)24-42(55(50,51)26-34-35(43)14-9-15-36(34)44)23-29(42)11-6-4-2-3-5-10-28(41(49)46(37)25-32)21-39(48)53-30-12-7-8-13-30/h9,14-20,28-30,32,37H,2-8,10-13,21-26H2,1H3,(H,50,51)/t28?,29-,32+,37-,42+/m0/s1. The fourth-order valence-electron chi connectivity index (χ4n) is 9.22. The van der Waals surface area contributed by atoms with Crippen molar-refractivity contribution in [1.82, 2.24) is 9.88 Å². The molecule has 6 atom stereocenters. The predicted octanol–water partition coefficient (Wildman–Crippen LogP) is 8.29. The first-order valence-electron chi connectivity index (χ1n) is 19.8. The van der Waals surface area contributed by atoms with Gasteiger partial charge in [-0.15, -0.1) is 0 Å². The molecular weight excluding hydrogens is 729 g/mol. The summed E-state index contributed by atoms with van der Waals surface area (Å²) >= 11 is 0. The fraction of sp³-hybridized carbons (Fsp3) is 0.571. The van der Waals surface area contributed by atoms with Crippen LogP contribution in [0.4, 0.5) is 8.78 Å². The van der Waals surface area contributed by atoms with Gasteiger partial charge in [0.25, 0.3) is 0 Å². The highest BCUT2D eigenvalue weighted by molar-refractivity contribution is 7.59.